The van der Waals surface area contributed by atoms with E-state index in [9.17, 15) is 0 Å². The first-order chi connectivity index (χ1) is 6.24. The van der Waals surface area contributed by atoms with E-state index in [1.165, 1.54) is 5.06 Å². The molecule has 0 radical (unpaired) electrons. The Hall–Kier alpha value is -1.06. The second-order valence-electron chi connectivity index (χ2n) is 2.94. The van der Waals surface area contributed by atoms with Crippen molar-refractivity contribution in [3.05, 3.63) is 29.8 Å². The second-order valence-corrected chi connectivity index (χ2v) is 2.94. The predicted molar refractivity (Wildman–Crippen MR) is 51.1 cm³/mol. The first-order valence-corrected chi connectivity index (χ1v) is 4.26. The highest BCUT2D eigenvalue weighted by Crippen LogP contribution is 2.17. The number of ether oxygens (including phenoxy) is 1. The minimum Gasteiger partial charge on any atom is -0.496 e. The normalized spacial score (nSPS) is 10.5. The van der Waals surface area contributed by atoms with E-state index in [4.69, 9.17) is 9.94 Å². The minimum absolute atomic E-state index is 0.611. The topological polar surface area (TPSA) is 32.7 Å². The van der Waals surface area contributed by atoms with E-state index in [-0.39, 0.29) is 0 Å². The first-order valence-electron chi connectivity index (χ1n) is 4.26. The maximum Gasteiger partial charge on any atom is 0.122 e. The molecule has 0 amide bonds. The lowest BCUT2D eigenvalue weighted by Gasteiger charge is -2.10. The summed E-state index contributed by atoms with van der Waals surface area (Å²) in [4.78, 5) is 0. The van der Waals surface area contributed by atoms with Gasteiger partial charge in [0.05, 0.1) is 7.11 Å². The van der Waals surface area contributed by atoms with Crippen molar-refractivity contribution in [1.29, 1.82) is 0 Å². The van der Waals surface area contributed by atoms with Crippen molar-refractivity contribution in [3.8, 4) is 5.75 Å². The molecule has 0 saturated carbocycles. The number of hydrogen-bond acceptors (Lipinski definition) is 3. The number of nitrogens with zero attached hydrogens (tertiary/aromatic N) is 1. The smallest absolute Gasteiger partial charge is 0.122 e. The molecule has 3 heteroatoms. The summed E-state index contributed by atoms with van der Waals surface area (Å²) >= 11 is 0. The molecule has 0 heterocycles. The fourth-order valence-corrected chi connectivity index (χ4v) is 1.19. The van der Waals surface area contributed by atoms with Crippen LogP contribution in [0.2, 0.25) is 0 Å². The third kappa shape index (κ3) is 3.05. The van der Waals surface area contributed by atoms with Crippen LogP contribution in [0.4, 0.5) is 0 Å². The lowest BCUT2D eigenvalue weighted by Crippen LogP contribution is -2.16. The molecule has 0 atom stereocenters. The molecule has 1 N–H and O–H groups in total. The molecule has 72 valence electrons. The minimum atomic E-state index is 0.611. The SMILES string of the molecule is COc1ccccc1CCN(C)O. The van der Waals surface area contributed by atoms with Crippen molar-refractivity contribution in [2.75, 3.05) is 20.7 Å². The van der Waals surface area contributed by atoms with Gasteiger partial charge in [-0.05, 0) is 18.1 Å². The molecule has 0 spiro atoms. The van der Waals surface area contributed by atoms with Crippen LogP contribution < -0.4 is 4.74 Å². The van der Waals surface area contributed by atoms with Crippen LogP contribution in [0.1, 0.15) is 5.56 Å². The van der Waals surface area contributed by atoms with Crippen LogP contribution in [0.15, 0.2) is 24.3 Å². The van der Waals surface area contributed by atoms with Gasteiger partial charge in [-0.3, -0.25) is 0 Å². The van der Waals surface area contributed by atoms with Crippen molar-refractivity contribution >= 4 is 0 Å². The summed E-state index contributed by atoms with van der Waals surface area (Å²) in [6, 6.07) is 7.83. The van der Waals surface area contributed by atoms with E-state index in [1.807, 2.05) is 24.3 Å². The van der Waals surface area contributed by atoms with Gasteiger partial charge in [0.1, 0.15) is 5.75 Å². The monoisotopic (exact) mass is 181 g/mol. The van der Waals surface area contributed by atoms with E-state index < -0.39 is 0 Å². The zero-order valence-electron chi connectivity index (χ0n) is 8.03. The van der Waals surface area contributed by atoms with Crippen LogP contribution in [-0.4, -0.2) is 31.0 Å². The zero-order chi connectivity index (χ0) is 9.68. The summed E-state index contributed by atoms with van der Waals surface area (Å²) in [7, 11) is 3.29. The molecular weight excluding hydrogens is 166 g/mol. The van der Waals surface area contributed by atoms with Gasteiger partial charge in [0.2, 0.25) is 0 Å². The maximum absolute atomic E-state index is 8.97. The number of hydrogen-bond donors (Lipinski definition) is 1. The molecule has 1 aromatic rings. The van der Waals surface area contributed by atoms with E-state index >= 15 is 0 Å². The Morgan fingerprint density at radius 1 is 1.38 bits per heavy atom. The van der Waals surface area contributed by atoms with E-state index in [1.54, 1.807) is 14.2 Å². The number of methoxy groups -OCH3 is 1. The molecule has 1 rings (SSSR count). The van der Waals surface area contributed by atoms with E-state index in [0.717, 1.165) is 17.7 Å². The molecule has 0 fully saturated rings. The highest BCUT2D eigenvalue weighted by atomic mass is 16.5. The molecule has 0 aromatic heterocycles. The predicted octanol–water partition coefficient (Wildman–Crippen LogP) is 1.56. The van der Waals surface area contributed by atoms with Crippen molar-refractivity contribution in [2.24, 2.45) is 0 Å². The van der Waals surface area contributed by atoms with Crippen LogP contribution in [-0.2, 0) is 6.42 Å². The number of hydroxylamine groups is 2. The Morgan fingerprint density at radius 2 is 2.08 bits per heavy atom. The Bertz CT molecular complexity index is 261. The van der Waals surface area contributed by atoms with Gasteiger partial charge in [0, 0.05) is 13.6 Å². The molecule has 3 nitrogen and oxygen atoms in total. The van der Waals surface area contributed by atoms with Crippen LogP contribution in [0.5, 0.6) is 5.75 Å². The summed E-state index contributed by atoms with van der Waals surface area (Å²) in [6.07, 6.45) is 0.789. The summed E-state index contributed by atoms with van der Waals surface area (Å²) in [5.74, 6) is 0.879. The Morgan fingerprint density at radius 3 is 2.69 bits per heavy atom. The largest absolute Gasteiger partial charge is 0.496 e. The fourth-order valence-electron chi connectivity index (χ4n) is 1.19. The number of likely N-dealkylation sites (N-methyl/N-ethyl adjacent to an activating group) is 1. The molecular formula is C10H15NO2. The van der Waals surface area contributed by atoms with Gasteiger partial charge in [-0.25, -0.2) is 0 Å². The molecule has 13 heavy (non-hydrogen) atoms. The van der Waals surface area contributed by atoms with Gasteiger partial charge < -0.3 is 9.94 Å². The Kier molecular flexibility index (Phi) is 3.73. The van der Waals surface area contributed by atoms with Crippen LogP contribution in [0.25, 0.3) is 0 Å². The summed E-state index contributed by atoms with van der Waals surface area (Å²) in [5.41, 5.74) is 1.12. The molecule has 1 aromatic carbocycles. The molecule has 0 unspecified atom stereocenters. The van der Waals surface area contributed by atoms with Gasteiger partial charge in [-0.15, -0.1) is 0 Å². The lowest BCUT2D eigenvalue weighted by molar-refractivity contribution is -0.0635. The molecule has 0 bridgehead atoms. The first kappa shape index (κ1) is 10.0. The summed E-state index contributed by atoms with van der Waals surface area (Å²) < 4.78 is 5.18. The standard InChI is InChI=1S/C10H15NO2/c1-11(12)8-7-9-5-3-4-6-10(9)13-2/h3-6,12H,7-8H2,1-2H3. The van der Waals surface area contributed by atoms with Gasteiger partial charge in [0.15, 0.2) is 0 Å². The fraction of sp³-hybridized carbons (Fsp3) is 0.400. The van der Waals surface area contributed by atoms with Gasteiger partial charge in [-0.2, -0.15) is 5.06 Å². The second kappa shape index (κ2) is 4.84. The van der Waals surface area contributed by atoms with Crippen molar-refractivity contribution in [1.82, 2.24) is 5.06 Å². The summed E-state index contributed by atoms with van der Waals surface area (Å²) in [5, 5.41) is 10.1. The number of benzene rings is 1. The third-order valence-corrected chi connectivity index (χ3v) is 1.90. The highest BCUT2D eigenvalue weighted by molar-refractivity contribution is 5.33. The van der Waals surface area contributed by atoms with Gasteiger partial charge >= 0.3 is 0 Å². The number of para-hydroxylation sites is 1. The quantitative estimate of drug-likeness (QED) is 0.715. The van der Waals surface area contributed by atoms with E-state index in [0.29, 0.717) is 6.54 Å². The van der Waals surface area contributed by atoms with Gasteiger partial charge in [0.25, 0.3) is 0 Å². The van der Waals surface area contributed by atoms with Crippen LogP contribution in [0.3, 0.4) is 0 Å². The number of rotatable bonds is 4. The lowest BCUT2D eigenvalue weighted by atomic mass is 10.1. The third-order valence-electron chi connectivity index (χ3n) is 1.90. The average molecular weight is 181 g/mol. The Balaban J connectivity index is 2.64. The van der Waals surface area contributed by atoms with Crippen molar-refractivity contribution in [3.63, 3.8) is 0 Å². The summed E-state index contributed by atoms with van der Waals surface area (Å²) in [6.45, 7) is 0.611. The maximum atomic E-state index is 8.97. The molecule has 0 aliphatic rings. The average Bonchev–Trinajstić information content (AvgIpc) is 2.15. The Labute approximate surface area is 78.5 Å². The zero-order valence-corrected chi connectivity index (χ0v) is 8.03. The van der Waals surface area contributed by atoms with Gasteiger partial charge in [-0.1, -0.05) is 18.2 Å². The molecule has 0 aliphatic heterocycles. The molecule has 0 saturated heterocycles. The van der Waals surface area contributed by atoms with Crippen molar-refractivity contribution < 1.29 is 9.94 Å². The van der Waals surface area contributed by atoms with E-state index in [2.05, 4.69) is 0 Å². The van der Waals surface area contributed by atoms with Crippen LogP contribution >= 0.6 is 0 Å². The van der Waals surface area contributed by atoms with Crippen LogP contribution in [0, 0.1) is 0 Å². The van der Waals surface area contributed by atoms with Crippen molar-refractivity contribution in [2.45, 2.75) is 6.42 Å². The molecule has 0 aliphatic carbocycles. The highest BCUT2D eigenvalue weighted by Gasteiger charge is 2.01.